The Balaban J connectivity index is 2.56. The number of hydrogen-bond acceptors (Lipinski definition) is 6. The highest BCUT2D eigenvalue weighted by molar-refractivity contribution is 6.27. The van der Waals surface area contributed by atoms with E-state index in [1.165, 1.54) is 0 Å². The molecule has 0 spiro atoms. The van der Waals surface area contributed by atoms with Crippen LogP contribution in [0.5, 0.6) is 0 Å². The molecule has 22 heavy (non-hydrogen) atoms. The molecule has 1 unspecified atom stereocenters. The average Bonchev–Trinajstić information content (AvgIpc) is 2.51. The average molecular weight is 325 g/mol. The lowest BCUT2D eigenvalue weighted by Crippen LogP contribution is -2.38. The molecular weight excluding hydrogens is 312 g/mol. The Morgan fingerprint density at radius 3 is 2.82 bits per heavy atom. The third-order valence-corrected chi connectivity index (χ3v) is 3.15. The summed E-state index contributed by atoms with van der Waals surface area (Å²) in [5, 5.41) is 2.29. The summed E-state index contributed by atoms with van der Waals surface area (Å²) in [5.41, 5.74) is 0.486. The lowest BCUT2D eigenvalue weighted by Gasteiger charge is -2.14. The van der Waals surface area contributed by atoms with Crippen molar-refractivity contribution in [2.45, 2.75) is 13.0 Å². The number of benzene rings is 1. The summed E-state index contributed by atoms with van der Waals surface area (Å²) < 4.78 is 9.71. The topological polar surface area (TPSA) is 98.5 Å². The summed E-state index contributed by atoms with van der Waals surface area (Å²) in [4.78, 5) is 39.4. The molecule has 1 aromatic heterocycles. The highest BCUT2D eigenvalue weighted by Crippen LogP contribution is 2.16. The zero-order chi connectivity index (χ0) is 16.3. The first-order chi connectivity index (χ1) is 10.5. The van der Waals surface area contributed by atoms with Gasteiger partial charge in [-0.2, -0.15) is 0 Å². The third-order valence-electron chi connectivity index (χ3n) is 2.90. The van der Waals surface area contributed by atoms with Crippen LogP contribution in [-0.2, 0) is 14.3 Å². The fraction of sp³-hybridized carbons (Fsp3) is 0.286. The Hall–Kier alpha value is -2.41. The van der Waals surface area contributed by atoms with Crippen LogP contribution in [0, 0.1) is 6.92 Å². The first kappa shape index (κ1) is 16.0. The Kier molecular flexibility index (Phi) is 4.77. The van der Waals surface area contributed by atoms with Gasteiger partial charge in [0.25, 0.3) is 0 Å². The number of nitrogens with one attached hydrogen (secondary N) is 1. The lowest BCUT2D eigenvalue weighted by atomic mass is 10.2. The number of fused-ring (bicyclic) bond motifs is 1. The fourth-order valence-corrected chi connectivity index (χ4v) is 1.94. The number of carbonyl (C=O) groups excluding carboxylic acids is 2. The maximum atomic E-state index is 12.0. The van der Waals surface area contributed by atoms with Crippen molar-refractivity contribution >= 4 is 34.6 Å². The highest BCUT2D eigenvalue weighted by atomic mass is 35.5. The summed E-state index contributed by atoms with van der Waals surface area (Å²) >= 11 is 5.40. The molecule has 0 saturated heterocycles. The number of carbonyl (C=O) groups is 2. The molecule has 0 saturated carbocycles. The largest absolute Gasteiger partial charge is 0.467 e. The molecule has 7 nitrogen and oxygen atoms in total. The predicted octanol–water partition coefficient (Wildman–Crippen LogP) is 1.07. The monoisotopic (exact) mass is 324 g/mol. The molecule has 1 N–H and O–H groups in total. The smallest absolute Gasteiger partial charge is 0.360 e. The van der Waals surface area contributed by atoms with E-state index in [1.54, 1.807) is 18.2 Å². The molecule has 0 radical (unpaired) electrons. The number of amides is 1. The SMILES string of the molecule is COC(=O)C(NC(=O)CCl)c1nc2cc(C)ccc2oc1=O. The first-order valence-electron chi connectivity index (χ1n) is 6.31. The molecule has 1 atom stereocenters. The van der Waals surface area contributed by atoms with Crippen molar-refractivity contribution < 1.29 is 18.7 Å². The second kappa shape index (κ2) is 6.57. The molecule has 116 valence electrons. The third kappa shape index (κ3) is 3.25. The van der Waals surface area contributed by atoms with E-state index in [-0.39, 0.29) is 17.2 Å². The number of esters is 1. The van der Waals surface area contributed by atoms with Gasteiger partial charge in [0.15, 0.2) is 17.3 Å². The van der Waals surface area contributed by atoms with Gasteiger partial charge in [-0.25, -0.2) is 14.6 Å². The predicted molar refractivity (Wildman–Crippen MR) is 78.6 cm³/mol. The molecule has 1 aromatic carbocycles. The molecule has 0 aliphatic rings. The van der Waals surface area contributed by atoms with Crippen LogP contribution < -0.4 is 10.9 Å². The lowest BCUT2D eigenvalue weighted by molar-refractivity contribution is -0.145. The van der Waals surface area contributed by atoms with Gasteiger partial charge < -0.3 is 14.5 Å². The Bertz CT molecular complexity index is 786. The fourth-order valence-electron chi connectivity index (χ4n) is 1.87. The number of nitrogens with zero attached hydrogens (tertiary/aromatic N) is 1. The molecule has 2 aromatic rings. The molecule has 8 heteroatoms. The van der Waals surface area contributed by atoms with Gasteiger partial charge in [-0.15, -0.1) is 11.6 Å². The summed E-state index contributed by atoms with van der Waals surface area (Å²) in [5.74, 6) is -1.85. The Morgan fingerprint density at radius 1 is 1.45 bits per heavy atom. The number of alkyl halides is 1. The number of hydrogen-bond donors (Lipinski definition) is 1. The molecule has 0 bridgehead atoms. The minimum atomic E-state index is -1.38. The van der Waals surface area contributed by atoms with Crippen molar-refractivity contribution in [2.75, 3.05) is 13.0 Å². The van der Waals surface area contributed by atoms with Gasteiger partial charge in [-0.3, -0.25) is 4.79 Å². The van der Waals surface area contributed by atoms with E-state index in [4.69, 9.17) is 16.0 Å². The normalized spacial score (nSPS) is 12.0. The van der Waals surface area contributed by atoms with Crippen molar-refractivity contribution in [3.63, 3.8) is 0 Å². The summed E-state index contributed by atoms with van der Waals surface area (Å²) in [6, 6.07) is 3.68. The summed E-state index contributed by atoms with van der Waals surface area (Å²) in [7, 11) is 1.13. The van der Waals surface area contributed by atoms with Gasteiger partial charge in [0.05, 0.1) is 7.11 Å². The van der Waals surface area contributed by atoms with Gasteiger partial charge >= 0.3 is 11.6 Å². The second-order valence-corrected chi connectivity index (χ2v) is 4.78. The van der Waals surface area contributed by atoms with Crippen LogP contribution in [0.2, 0.25) is 0 Å². The standard InChI is InChI=1S/C14H13ClN2O5/c1-7-3-4-9-8(5-7)16-12(14(20)22-9)11(13(19)21-2)17-10(18)6-15/h3-5,11H,6H2,1-2H3,(H,17,18). The Labute approximate surface area is 130 Å². The van der Waals surface area contributed by atoms with Gasteiger partial charge in [0, 0.05) is 0 Å². The van der Waals surface area contributed by atoms with Gasteiger partial charge in [-0.1, -0.05) is 6.07 Å². The number of aryl methyl sites for hydroxylation is 1. The second-order valence-electron chi connectivity index (χ2n) is 4.52. The van der Waals surface area contributed by atoms with Crippen LogP contribution >= 0.6 is 11.6 Å². The van der Waals surface area contributed by atoms with Crippen LogP contribution in [0.25, 0.3) is 11.1 Å². The van der Waals surface area contributed by atoms with Crippen LogP contribution in [0.3, 0.4) is 0 Å². The minimum absolute atomic E-state index is 0.261. The van der Waals surface area contributed by atoms with Crippen LogP contribution in [-0.4, -0.2) is 29.9 Å². The maximum absolute atomic E-state index is 12.0. The van der Waals surface area contributed by atoms with Crippen LogP contribution in [0.4, 0.5) is 0 Å². The number of methoxy groups -OCH3 is 1. The van der Waals surface area contributed by atoms with E-state index in [0.29, 0.717) is 5.52 Å². The van der Waals surface area contributed by atoms with E-state index in [1.807, 2.05) is 6.92 Å². The summed E-state index contributed by atoms with van der Waals surface area (Å²) in [6.07, 6.45) is 0. The van der Waals surface area contributed by atoms with Crippen LogP contribution in [0.1, 0.15) is 17.3 Å². The molecule has 0 aliphatic heterocycles. The molecular formula is C14H13ClN2O5. The molecule has 0 aliphatic carbocycles. The first-order valence-corrected chi connectivity index (χ1v) is 6.84. The zero-order valence-corrected chi connectivity index (χ0v) is 12.6. The quantitative estimate of drug-likeness (QED) is 0.667. The van der Waals surface area contributed by atoms with E-state index in [2.05, 4.69) is 15.0 Å². The maximum Gasteiger partial charge on any atom is 0.360 e. The number of ether oxygens (including phenoxy) is 1. The van der Waals surface area contributed by atoms with Gasteiger partial charge in [0.1, 0.15) is 11.4 Å². The van der Waals surface area contributed by atoms with Crippen molar-refractivity contribution in [1.29, 1.82) is 0 Å². The number of rotatable bonds is 4. The van der Waals surface area contributed by atoms with Crippen molar-refractivity contribution in [3.8, 4) is 0 Å². The molecule has 1 amide bonds. The number of aromatic nitrogens is 1. The minimum Gasteiger partial charge on any atom is -0.467 e. The van der Waals surface area contributed by atoms with Gasteiger partial charge in [-0.05, 0) is 24.6 Å². The van der Waals surface area contributed by atoms with Crippen LogP contribution in [0.15, 0.2) is 27.4 Å². The van der Waals surface area contributed by atoms with Crippen molar-refractivity contribution in [2.24, 2.45) is 0 Å². The zero-order valence-electron chi connectivity index (χ0n) is 11.9. The van der Waals surface area contributed by atoms with E-state index >= 15 is 0 Å². The van der Waals surface area contributed by atoms with E-state index < -0.39 is 23.5 Å². The summed E-state index contributed by atoms with van der Waals surface area (Å²) in [6.45, 7) is 1.85. The Morgan fingerprint density at radius 2 is 2.18 bits per heavy atom. The van der Waals surface area contributed by atoms with Crippen molar-refractivity contribution in [1.82, 2.24) is 10.3 Å². The molecule has 1 heterocycles. The van der Waals surface area contributed by atoms with E-state index in [9.17, 15) is 14.4 Å². The molecule has 0 fully saturated rings. The highest BCUT2D eigenvalue weighted by Gasteiger charge is 2.29. The van der Waals surface area contributed by atoms with Crippen molar-refractivity contribution in [3.05, 3.63) is 39.9 Å². The number of halogens is 1. The van der Waals surface area contributed by atoms with Gasteiger partial charge in [0.2, 0.25) is 5.91 Å². The van der Waals surface area contributed by atoms with E-state index in [0.717, 1.165) is 12.7 Å². The molecule has 2 rings (SSSR count).